The van der Waals surface area contributed by atoms with Crippen molar-refractivity contribution in [1.82, 2.24) is 4.57 Å². The first-order valence-corrected chi connectivity index (χ1v) is 12.1. The van der Waals surface area contributed by atoms with E-state index in [1.165, 1.54) is 28.8 Å². The Kier molecular flexibility index (Phi) is 5.05. The second kappa shape index (κ2) is 7.93. The third-order valence-corrected chi connectivity index (χ3v) is 7.02. The van der Waals surface area contributed by atoms with E-state index in [1.807, 2.05) is 18.2 Å². The predicted molar refractivity (Wildman–Crippen MR) is 123 cm³/mol. The quantitative estimate of drug-likeness (QED) is 0.462. The molecule has 8 nitrogen and oxygen atoms in total. The molecule has 1 aromatic heterocycles. The molecule has 0 radical (unpaired) electrons. The van der Waals surface area contributed by atoms with Gasteiger partial charge in [0.25, 0.3) is 5.91 Å². The minimum absolute atomic E-state index is 0.0302. The first kappa shape index (κ1) is 21.0. The molecule has 2 heterocycles. The maximum Gasteiger partial charge on any atom is 0.279 e. The summed E-state index contributed by atoms with van der Waals surface area (Å²) in [6.07, 6.45) is 0. The first-order valence-electron chi connectivity index (χ1n) is 9.73. The number of carbonyl (C=O) groups excluding carboxylic acids is 1. The molecule has 164 valence electrons. The largest absolute Gasteiger partial charge is 0.493 e. The van der Waals surface area contributed by atoms with Crippen molar-refractivity contribution in [3.8, 4) is 11.6 Å². The second-order valence-corrected chi connectivity index (χ2v) is 9.71. The van der Waals surface area contributed by atoms with Gasteiger partial charge in [-0.05, 0) is 42.5 Å². The standard InChI is InChI=1S/C23H16N4O4S2/c24-33(30,31)16-12-10-14(11-13-16)25-23-27(15-6-2-1-3-7-15)22(29)20(32-23)19-17-8-4-5-9-18(17)26-21(19)28/h1-13,29H,(H2,24,30,31). The highest BCUT2D eigenvalue weighted by Crippen LogP contribution is 2.31. The highest BCUT2D eigenvalue weighted by atomic mass is 32.2. The number of carbonyl (C=O) groups is 1. The Balaban J connectivity index is 1.77. The van der Waals surface area contributed by atoms with E-state index < -0.39 is 15.9 Å². The normalized spacial score (nSPS) is 13.8. The fraction of sp³-hybridized carbons (Fsp3) is 0. The maximum atomic E-state index is 12.7. The molecule has 4 aromatic rings. The summed E-state index contributed by atoms with van der Waals surface area (Å²) in [5, 5.41) is 17.6. The van der Waals surface area contributed by atoms with Gasteiger partial charge in [0.2, 0.25) is 15.9 Å². The average molecular weight is 477 g/mol. The summed E-state index contributed by atoms with van der Waals surface area (Å²) in [5.74, 6) is -0.571. The molecule has 3 aromatic carbocycles. The molecular formula is C23H16N4O4S2. The lowest BCUT2D eigenvalue weighted by Gasteiger charge is -2.05. The third kappa shape index (κ3) is 3.80. The van der Waals surface area contributed by atoms with E-state index >= 15 is 0 Å². The van der Waals surface area contributed by atoms with E-state index in [4.69, 9.17) is 5.14 Å². The number of primary sulfonamides is 1. The van der Waals surface area contributed by atoms with E-state index in [1.54, 1.807) is 36.4 Å². The number of rotatable bonds is 4. The van der Waals surface area contributed by atoms with Gasteiger partial charge in [0.15, 0.2) is 4.80 Å². The number of aromatic nitrogens is 1. The number of aromatic hydroxyl groups is 1. The number of hydrogen-bond acceptors (Lipinski definition) is 6. The summed E-state index contributed by atoms with van der Waals surface area (Å²) in [6, 6.07) is 22.0. The molecule has 1 aliphatic heterocycles. The van der Waals surface area contributed by atoms with Crippen LogP contribution in [0.5, 0.6) is 5.88 Å². The van der Waals surface area contributed by atoms with E-state index in [2.05, 4.69) is 9.98 Å². The SMILES string of the molecule is NS(=O)(=O)c1ccc(N=c2sc(C3=c4ccccc4=NC3=O)c(O)n2-c2ccccc2)cc1. The van der Waals surface area contributed by atoms with Crippen LogP contribution in [-0.4, -0.2) is 24.0 Å². The van der Waals surface area contributed by atoms with Gasteiger partial charge in [-0.15, -0.1) is 0 Å². The minimum atomic E-state index is -3.83. The van der Waals surface area contributed by atoms with E-state index in [9.17, 15) is 18.3 Å². The zero-order chi connectivity index (χ0) is 23.2. The molecule has 0 saturated heterocycles. The Labute approximate surface area is 192 Å². The highest BCUT2D eigenvalue weighted by Gasteiger charge is 2.26. The molecule has 0 saturated carbocycles. The molecule has 0 fully saturated rings. The van der Waals surface area contributed by atoms with Gasteiger partial charge in [0, 0.05) is 5.22 Å². The van der Waals surface area contributed by atoms with Crippen LogP contribution in [0, 0.1) is 0 Å². The van der Waals surface area contributed by atoms with Crippen LogP contribution in [0.15, 0.2) is 93.7 Å². The molecule has 0 bridgehead atoms. The van der Waals surface area contributed by atoms with Crippen molar-refractivity contribution in [3.63, 3.8) is 0 Å². The van der Waals surface area contributed by atoms with Gasteiger partial charge in [0.1, 0.15) is 4.88 Å². The van der Waals surface area contributed by atoms with Crippen LogP contribution < -0.4 is 20.5 Å². The van der Waals surface area contributed by atoms with Crippen LogP contribution >= 0.6 is 11.3 Å². The van der Waals surface area contributed by atoms with Crippen molar-refractivity contribution in [2.45, 2.75) is 4.90 Å². The summed E-state index contributed by atoms with van der Waals surface area (Å²) in [7, 11) is -3.83. The number of benzene rings is 3. The summed E-state index contributed by atoms with van der Waals surface area (Å²) in [6.45, 7) is 0. The van der Waals surface area contributed by atoms with Crippen LogP contribution in [-0.2, 0) is 14.8 Å². The van der Waals surface area contributed by atoms with Crippen molar-refractivity contribution in [1.29, 1.82) is 0 Å². The summed E-state index contributed by atoms with van der Waals surface area (Å²) >= 11 is 1.14. The van der Waals surface area contributed by atoms with Crippen molar-refractivity contribution in [2.75, 3.05) is 0 Å². The number of nitrogens with two attached hydrogens (primary N) is 1. The summed E-state index contributed by atoms with van der Waals surface area (Å²) < 4.78 is 24.6. The van der Waals surface area contributed by atoms with Crippen molar-refractivity contribution >= 4 is 38.5 Å². The summed E-state index contributed by atoms with van der Waals surface area (Å²) in [4.78, 5) is 22.1. The second-order valence-electron chi connectivity index (χ2n) is 7.17. The number of sulfonamides is 1. The topological polar surface area (TPSA) is 127 Å². The lowest BCUT2D eigenvalue weighted by Crippen LogP contribution is -2.22. The molecule has 5 rings (SSSR count). The zero-order valence-electron chi connectivity index (χ0n) is 16.9. The molecular weight excluding hydrogens is 460 g/mol. The number of nitrogens with zero attached hydrogens (tertiary/aromatic N) is 3. The maximum absolute atomic E-state index is 12.7. The highest BCUT2D eigenvalue weighted by molar-refractivity contribution is 7.89. The number of fused-ring (bicyclic) bond motifs is 1. The molecule has 0 unspecified atom stereocenters. The number of amides is 1. The first-order chi connectivity index (χ1) is 15.8. The Morgan fingerprint density at radius 2 is 1.61 bits per heavy atom. The zero-order valence-corrected chi connectivity index (χ0v) is 18.5. The van der Waals surface area contributed by atoms with Crippen LogP contribution in [0.3, 0.4) is 0 Å². The lowest BCUT2D eigenvalue weighted by molar-refractivity contribution is -0.112. The number of para-hydroxylation sites is 2. The van der Waals surface area contributed by atoms with E-state index in [0.717, 1.165) is 11.3 Å². The van der Waals surface area contributed by atoms with Gasteiger partial charge < -0.3 is 5.11 Å². The molecule has 10 heteroatoms. The smallest absolute Gasteiger partial charge is 0.279 e. The fourth-order valence-corrected chi connectivity index (χ4v) is 5.14. The number of thiazole rings is 1. The Morgan fingerprint density at radius 3 is 2.30 bits per heavy atom. The average Bonchev–Trinajstić information content (AvgIpc) is 3.29. The van der Waals surface area contributed by atoms with Gasteiger partial charge in [-0.2, -0.15) is 0 Å². The monoisotopic (exact) mass is 476 g/mol. The van der Waals surface area contributed by atoms with Gasteiger partial charge in [-0.3, -0.25) is 9.36 Å². The summed E-state index contributed by atoms with van der Waals surface area (Å²) in [5.41, 5.74) is 1.41. The van der Waals surface area contributed by atoms with Crippen molar-refractivity contribution in [3.05, 3.63) is 99.1 Å². The van der Waals surface area contributed by atoms with Crippen LogP contribution in [0.1, 0.15) is 4.88 Å². The van der Waals surface area contributed by atoms with Gasteiger partial charge >= 0.3 is 0 Å². The Hall–Kier alpha value is -3.86. The molecule has 3 N–H and O–H groups in total. The van der Waals surface area contributed by atoms with Gasteiger partial charge in [0.05, 0.1) is 27.2 Å². The van der Waals surface area contributed by atoms with Gasteiger partial charge in [-0.1, -0.05) is 47.7 Å². The van der Waals surface area contributed by atoms with E-state index in [-0.39, 0.29) is 10.8 Å². The predicted octanol–water partition coefficient (Wildman–Crippen LogP) is 1.48. The molecule has 0 atom stereocenters. The van der Waals surface area contributed by atoms with Crippen molar-refractivity contribution < 1.29 is 18.3 Å². The third-order valence-electron chi connectivity index (χ3n) is 5.04. The van der Waals surface area contributed by atoms with Crippen molar-refractivity contribution in [2.24, 2.45) is 15.1 Å². The Bertz CT molecular complexity index is 1700. The molecule has 1 aliphatic rings. The lowest BCUT2D eigenvalue weighted by atomic mass is 10.1. The van der Waals surface area contributed by atoms with Crippen LogP contribution in [0.25, 0.3) is 11.3 Å². The van der Waals surface area contributed by atoms with Crippen LogP contribution in [0.4, 0.5) is 5.69 Å². The minimum Gasteiger partial charge on any atom is -0.493 e. The molecule has 0 aliphatic carbocycles. The molecule has 1 amide bonds. The van der Waals surface area contributed by atoms with Crippen LogP contribution in [0.2, 0.25) is 0 Å². The fourth-order valence-electron chi connectivity index (χ4n) is 3.52. The number of hydrogen-bond donors (Lipinski definition) is 2. The van der Waals surface area contributed by atoms with Gasteiger partial charge in [-0.25, -0.2) is 23.5 Å². The van der Waals surface area contributed by atoms with E-state index in [0.29, 0.717) is 37.2 Å². The molecule has 0 spiro atoms. The molecule has 33 heavy (non-hydrogen) atoms. The Morgan fingerprint density at radius 1 is 0.939 bits per heavy atom.